The quantitative estimate of drug-likeness (QED) is 0.237. The Bertz CT molecular complexity index is 1940. The number of nitrogens with zero attached hydrogens (tertiary/aromatic N) is 6. The van der Waals surface area contributed by atoms with Crippen LogP contribution in [0.1, 0.15) is 92.0 Å². The van der Waals surface area contributed by atoms with Crippen molar-refractivity contribution in [3.63, 3.8) is 0 Å². The molecule has 12 nitrogen and oxygen atoms in total. The molecule has 3 amide bonds. The van der Waals surface area contributed by atoms with Crippen LogP contribution in [-0.4, -0.2) is 80.6 Å². The van der Waals surface area contributed by atoms with Crippen LogP contribution in [-0.2, 0) is 25.2 Å². The predicted molar refractivity (Wildman–Crippen MR) is 186 cm³/mol. The fourth-order valence-corrected chi connectivity index (χ4v) is 7.68. The molecule has 0 radical (unpaired) electrons. The molecule has 4 aromatic rings. The van der Waals surface area contributed by atoms with Gasteiger partial charge in [-0.1, -0.05) is 0 Å². The van der Waals surface area contributed by atoms with Crippen molar-refractivity contribution < 1.29 is 23.2 Å². The smallest absolute Gasteiger partial charge is 0.268 e. The molecule has 51 heavy (non-hydrogen) atoms. The molecule has 1 saturated carbocycles. The van der Waals surface area contributed by atoms with E-state index in [9.17, 15) is 14.4 Å². The number of nitrogens with one attached hydrogen (secondary N) is 3. The highest BCUT2D eigenvalue weighted by atomic mass is 19.1. The molecule has 1 aliphatic carbocycles. The molecule has 1 aromatic carbocycles. The van der Waals surface area contributed by atoms with Crippen LogP contribution in [0.5, 0.6) is 0 Å². The topological polar surface area (TPSA) is 129 Å². The summed E-state index contributed by atoms with van der Waals surface area (Å²) in [7, 11) is 3.08. The van der Waals surface area contributed by atoms with Crippen LogP contribution < -0.4 is 16.0 Å². The van der Waals surface area contributed by atoms with E-state index in [4.69, 9.17) is 0 Å². The van der Waals surface area contributed by atoms with E-state index in [0.29, 0.717) is 35.7 Å². The van der Waals surface area contributed by atoms with Gasteiger partial charge in [-0.3, -0.25) is 28.9 Å². The van der Waals surface area contributed by atoms with E-state index >= 15 is 8.78 Å². The Balaban J connectivity index is 0.978. The molecule has 0 unspecified atom stereocenters. The lowest BCUT2D eigenvalue weighted by Crippen LogP contribution is -2.56. The molecule has 268 valence electrons. The third-order valence-electron chi connectivity index (χ3n) is 10.7. The van der Waals surface area contributed by atoms with E-state index in [1.54, 1.807) is 30.6 Å². The van der Waals surface area contributed by atoms with Crippen LogP contribution >= 0.6 is 0 Å². The van der Waals surface area contributed by atoms with E-state index in [2.05, 4.69) is 30.9 Å². The van der Waals surface area contributed by atoms with Crippen molar-refractivity contribution in [3.05, 3.63) is 99.9 Å². The SMILES string of the molecule is Cc1c(C(=O)Nc2ccc(CNC(=O)c3ccc4n3CCN(Cc3c(F)cc(C(=O)N(C)C)cc3F)C43CCC3)nc2)cnn1C1CCNCC1. The Morgan fingerprint density at radius 1 is 1.00 bits per heavy atom. The Morgan fingerprint density at radius 2 is 1.75 bits per heavy atom. The number of halogens is 2. The van der Waals surface area contributed by atoms with Gasteiger partial charge >= 0.3 is 0 Å². The molecule has 1 saturated heterocycles. The Morgan fingerprint density at radius 3 is 2.39 bits per heavy atom. The molecular weight excluding hydrogens is 656 g/mol. The minimum absolute atomic E-state index is 0.0275. The second kappa shape index (κ2) is 14.0. The van der Waals surface area contributed by atoms with Gasteiger partial charge in [0.25, 0.3) is 17.7 Å². The summed E-state index contributed by atoms with van der Waals surface area (Å²) in [4.78, 5) is 46.6. The number of hydrogen-bond donors (Lipinski definition) is 3. The Hall–Kier alpha value is -4.95. The summed E-state index contributed by atoms with van der Waals surface area (Å²) in [5, 5.41) is 13.7. The zero-order valence-electron chi connectivity index (χ0n) is 29.1. The highest BCUT2D eigenvalue weighted by Gasteiger charge is 2.48. The summed E-state index contributed by atoms with van der Waals surface area (Å²) in [6.45, 7) is 5.02. The lowest BCUT2D eigenvalue weighted by Gasteiger charge is -2.53. The number of aromatic nitrogens is 4. The predicted octanol–water partition coefficient (Wildman–Crippen LogP) is 4.37. The molecule has 2 fully saturated rings. The lowest BCUT2D eigenvalue weighted by atomic mass is 9.71. The Kier molecular flexibility index (Phi) is 9.46. The summed E-state index contributed by atoms with van der Waals surface area (Å²) >= 11 is 0. The zero-order chi connectivity index (χ0) is 35.9. The number of fused-ring (bicyclic) bond motifs is 2. The molecule has 2 aliphatic heterocycles. The average Bonchev–Trinajstić information content (AvgIpc) is 3.72. The number of pyridine rings is 1. The first-order valence-electron chi connectivity index (χ1n) is 17.5. The highest BCUT2D eigenvalue weighted by molar-refractivity contribution is 6.04. The molecule has 3 N–H and O–H groups in total. The molecule has 3 aromatic heterocycles. The number of carbonyl (C=O) groups excluding carboxylic acids is 3. The van der Waals surface area contributed by atoms with Crippen LogP contribution in [0, 0.1) is 18.6 Å². The van der Waals surface area contributed by atoms with Crippen molar-refractivity contribution >= 4 is 23.4 Å². The van der Waals surface area contributed by atoms with Crippen molar-refractivity contribution in [3.8, 4) is 0 Å². The van der Waals surface area contributed by atoms with Crippen LogP contribution in [0.2, 0.25) is 0 Å². The fourth-order valence-electron chi connectivity index (χ4n) is 7.68. The van der Waals surface area contributed by atoms with Crippen molar-refractivity contribution in [2.75, 3.05) is 39.0 Å². The number of piperidine rings is 1. The van der Waals surface area contributed by atoms with E-state index in [0.717, 1.165) is 68.7 Å². The van der Waals surface area contributed by atoms with Gasteiger partial charge in [-0.05, 0) is 88.5 Å². The van der Waals surface area contributed by atoms with E-state index in [1.807, 2.05) is 22.2 Å². The van der Waals surface area contributed by atoms with Crippen molar-refractivity contribution in [1.82, 2.24) is 39.8 Å². The summed E-state index contributed by atoms with van der Waals surface area (Å²) in [5.41, 5.74) is 3.49. The van der Waals surface area contributed by atoms with E-state index < -0.39 is 23.1 Å². The average molecular weight is 700 g/mol. The van der Waals surface area contributed by atoms with Gasteiger partial charge in [0.1, 0.15) is 17.3 Å². The molecule has 0 bridgehead atoms. The maximum absolute atomic E-state index is 15.2. The summed E-state index contributed by atoms with van der Waals surface area (Å²) in [5.74, 6) is -2.44. The maximum Gasteiger partial charge on any atom is 0.268 e. The largest absolute Gasteiger partial charge is 0.345 e. The first-order valence-corrected chi connectivity index (χ1v) is 17.5. The number of rotatable bonds is 9. The Labute approximate surface area is 295 Å². The van der Waals surface area contributed by atoms with Gasteiger partial charge < -0.3 is 25.4 Å². The second-order valence-electron chi connectivity index (χ2n) is 13.9. The molecule has 3 aliphatic rings. The lowest BCUT2D eigenvalue weighted by molar-refractivity contribution is -0.0229. The van der Waals surface area contributed by atoms with E-state index in [1.165, 1.54) is 19.0 Å². The normalized spacial score (nSPS) is 17.1. The zero-order valence-corrected chi connectivity index (χ0v) is 29.1. The molecule has 5 heterocycles. The second-order valence-corrected chi connectivity index (χ2v) is 13.9. The van der Waals surface area contributed by atoms with Crippen LogP contribution in [0.3, 0.4) is 0 Å². The van der Waals surface area contributed by atoms with Gasteiger partial charge in [-0.25, -0.2) is 8.78 Å². The molecule has 0 atom stereocenters. The van der Waals surface area contributed by atoms with Crippen LogP contribution in [0.4, 0.5) is 14.5 Å². The number of hydrogen-bond acceptors (Lipinski definition) is 7. The third-order valence-corrected chi connectivity index (χ3v) is 10.7. The van der Waals surface area contributed by atoms with E-state index in [-0.39, 0.29) is 42.1 Å². The monoisotopic (exact) mass is 699 g/mol. The van der Waals surface area contributed by atoms with Gasteiger partial charge in [-0.15, -0.1) is 0 Å². The number of carbonyl (C=O) groups is 3. The molecule has 7 rings (SSSR count). The fraction of sp³-hybridized carbons (Fsp3) is 0.432. The first-order chi connectivity index (χ1) is 24.6. The molecule has 14 heteroatoms. The number of amides is 3. The maximum atomic E-state index is 15.2. The minimum atomic E-state index is -0.741. The minimum Gasteiger partial charge on any atom is -0.345 e. The number of benzene rings is 1. The van der Waals surface area contributed by atoms with Crippen molar-refractivity contribution in [2.45, 2.75) is 70.2 Å². The molecule has 1 spiro atoms. The van der Waals surface area contributed by atoms with Crippen LogP contribution in [0.15, 0.2) is 48.8 Å². The highest BCUT2D eigenvalue weighted by Crippen LogP contribution is 2.49. The summed E-state index contributed by atoms with van der Waals surface area (Å²) in [6, 6.07) is 9.76. The summed E-state index contributed by atoms with van der Waals surface area (Å²) in [6.07, 6.45) is 7.72. The van der Waals surface area contributed by atoms with Crippen molar-refractivity contribution in [2.24, 2.45) is 0 Å². The van der Waals surface area contributed by atoms with Gasteiger partial charge in [0.2, 0.25) is 0 Å². The standard InChI is InChI=1S/C37H43F2N9O3/c1-23-28(21-43-48(23)27-9-13-40-14-10-27)34(49)44-26-6-5-25(41-20-26)19-42-35(50)32-7-8-33-37(11-4-12-37)46(15-16-47(32)33)22-29-30(38)17-24(18-31(29)39)36(51)45(2)3/h5-8,17-18,20-21,27,40H,4,9-16,19,22H2,1-3H3,(H,42,50)(H,44,49). The van der Waals surface area contributed by atoms with Crippen LogP contribution in [0.25, 0.3) is 0 Å². The molecular formula is C37H43F2N9O3. The van der Waals surface area contributed by atoms with Gasteiger partial charge in [0.15, 0.2) is 0 Å². The van der Waals surface area contributed by atoms with Crippen molar-refractivity contribution in [1.29, 1.82) is 0 Å². The van der Waals surface area contributed by atoms with Gasteiger partial charge in [0.05, 0.1) is 47.5 Å². The van der Waals surface area contributed by atoms with Gasteiger partial charge in [-0.2, -0.15) is 5.10 Å². The first kappa shape index (κ1) is 34.5. The third kappa shape index (κ3) is 6.53. The number of anilines is 1. The summed E-state index contributed by atoms with van der Waals surface area (Å²) < 4.78 is 34.3. The van der Waals surface area contributed by atoms with Gasteiger partial charge in [0, 0.05) is 56.2 Å².